The van der Waals surface area contributed by atoms with Crippen LogP contribution in [-0.4, -0.2) is 43.3 Å². The first-order valence-corrected chi connectivity index (χ1v) is 17.2. The summed E-state index contributed by atoms with van der Waals surface area (Å²) in [5.41, 5.74) is 1.73. The minimum Gasteiger partial charge on any atom is -0.350 e. The van der Waals surface area contributed by atoms with Gasteiger partial charge in [-0.2, -0.15) is 0 Å². The summed E-state index contributed by atoms with van der Waals surface area (Å²) in [4.78, 5) is 29.9. The summed E-state index contributed by atoms with van der Waals surface area (Å²) in [6.07, 6.45) is 0.163. The van der Waals surface area contributed by atoms with Crippen LogP contribution in [0.2, 0.25) is 15.1 Å². The summed E-state index contributed by atoms with van der Waals surface area (Å²) >= 11 is 19.3. The van der Waals surface area contributed by atoms with Gasteiger partial charge < -0.3 is 10.2 Å². The molecule has 4 aromatic rings. The number of para-hydroxylation sites is 1. The standard InChI is InChI=1S/C35H36Cl3N3O4S/c1-24-14-18-28(19-15-24)46(44,45)41(31-13-9-8-12-29(31)37)23-33(42)40(22-26-16-17-27(36)21-30(26)38)32(34(43)39-35(2,3)4)20-25-10-6-5-7-11-25/h5-19,21,32H,20,22-23H2,1-4H3,(H,39,43)/t32-/m0/s1. The maximum atomic E-state index is 14.6. The van der Waals surface area contributed by atoms with Gasteiger partial charge in [0.25, 0.3) is 10.0 Å². The number of aryl methyl sites for hydroxylation is 1. The summed E-state index contributed by atoms with van der Waals surface area (Å²) in [5.74, 6) is -1.04. The molecular weight excluding hydrogens is 665 g/mol. The van der Waals surface area contributed by atoms with Crippen LogP contribution >= 0.6 is 34.8 Å². The van der Waals surface area contributed by atoms with Gasteiger partial charge in [-0.1, -0.05) is 101 Å². The van der Waals surface area contributed by atoms with Crippen LogP contribution in [0.3, 0.4) is 0 Å². The number of carbonyl (C=O) groups is 2. The van der Waals surface area contributed by atoms with Crippen molar-refractivity contribution in [3.05, 3.63) is 129 Å². The third-order valence-electron chi connectivity index (χ3n) is 7.13. The third kappa shape index (κ3) is 9.04. The van der Waals surface area contributed by atoms with E-state index in [1.165, 1.54) is 23.1 Å². The van der Waals surface area contributed by atoms with Crippen LogP contribution < -0.4 is 9.62 Å². The van der Waals surface area contributed by atoms with E-state index in [-0.39, 0.29) is 28.6 Å². The zero-order valence-electron chi connectivity index (χ0n) is 26.0. The third-order valence-corrected chi connectivity index (χ3v) is 9.81. The van der Waals surface area contributed by atoms with Crippen LogP contribution in [0, 0.1) is 6.92 Å². The number of benzene rings is 4. The minimum absolute atomic E-state index is 0.00979. The molecule has 1 atom stereocenters. The second-order valence-electron chi connectivity index (χ2n) is 12.0. The fourth-order valence-electron chi connectivity index (χ4n) is 4.85. The van der Waals surface area contributed by atoms with Crippen LogP contribution in [0.1, 0.15) is 37.5 Å². The van der Waals surface area contributed by atoms with Gasteiger partial charge >= 0.3 is 0 Å². The first-order chi connectivity index (χ1) is 21.7. The van der Waals surface area contributed by atoms with E-state index >= 15 is 0 Å². The van der Waals surface area contributed by atoms with E-state index in [4.69, 9.17) is 34.8 Å². The van der Waals surface area contributed by atoms with Crippen LogP contribution in [-0.2, 0) is 32.6 Å². The highest BCUT2D eigenvalue weighted by Crippen LogP contribution is 2.31. The van der Waals surface area contributed by atoms with E-state index < -0.39 is 40.0 Å². The molecular formula is C35H36Cl3N3O4S. The first kappa shape index (κ1) is 35.3. The second kappa shape index (κ2) is 14.9. The van der Waals surface area contributed by atoms with Crippen LogP contribution in [0.25, 0.3) is 0 Å². The van der Waals surface area contributed by atoms with Crippen molar-refractivity contribution in [1.29, 1.82) is 0 Å². The maximum absolute atomic E-state index is 14.6. The lowest BCUT2D eigenvalue weighted by atomic mass is 10.0. The number of anilines is 1. The van der Waals surface area contributed by atoms with Crippen molar-refractivity contribution < 1.29 is 18.0 Å². The van der Waals surface area contributed by atoms with Gasteiger partial charge in [0.1, 0.15) is 12.6 Å². The Morgan fingerprint density at radius 1 is 0.826 bits per heavy atom. The zero-order valence-corrected chi connectivity index (χ0v) is 29.1. The molecule has 0 saturated heterocycles. The largest absolute Gasteiger partial charge is 0.350 e. The van der Waals surface area contributed by atoms with E-state index in [0.717, 1.165) is 15.4 Å². The molecule has 0 saturated carbocycles. The van der Waals surface area contributed by atoms with E-state index in [1.54, 1.807) is 48.5 Å². The molecule has 4 rings (SSSR count). The van der Waals surface area contributed by atoms with Crippen molar-refractivity contribution in [2.24, 2.45) is 0 Å². The van der Waals surface area contributed by atoms with Gasteiger partial charge in [-0.3, -0.25) is 13.9 Å². The molecule has 0 aliphatic heterocycles. The molecule has 1 N–H and O–H groups in total. The van der Waals surface area contributed by atoms with Crippen molar-refractivity contribution in [3.8, 4) is 0 Å². The predicted octanol–water partition coefficient (Wildman–Crippen LogP) is 7.71. The van der Waals surface area contributed by atoms with Crippen LogP contribution in [0.4, 0.5) is 5.69 Å². The fourth-order valence-corrected chi connectivity index (χ4v) is 7.03. The Bertz CT molecular complexity index is 1790. The van der Waals surface area contributed by atoms with Gasteiger partial charge in [0.15, 0.2) is 0 Å². The Morgan fingerprint density at radius 3 is 2.07 bits per heavy atom. The second-order valence-corrected chi connectivity index (χ2v) is 15.1. The zero-order chi connectivity index (χ0) is 33.6. The Hall–Kier alpha value is -3.56. The van der Waals surface area contributed by atoms with E-state index in [9.17, 15) is 18.0 Å². The number of sulfonamides is 1. The Balaban J connectivity index is 1.85. The molecule has 0 fully saturated rings. The van der Waals surface area contributed by atoms with Crippen molar-refractivity contribution in [2.75, 3.05) is 10.8 Å². The van der Waals surface area contributed by atoms with E-state index in [0.29, 0.717) is 15.6 Å². The molecule has 242 valence electrons. The number of rotatable bonds is 11. The predicted molar refractivity (Wildman–Crippen MR) is 186 cm³/mol. The molecule has 2 amide bonds. The van der Waals surface area contributed by atoms with Gasteiger partial charge in [0.2, 0.25) is 11.8 Å². The monoisotopic (exact) mass is 699 g/mol. The molecule has 0 bridgehead atoms. The number of nitrogens with zero attached hydrogens (tertiary/aromatic N) is 2. The van der Waals surface area contributed by atoms with Gasteiger partial charge in [-0.15, -0.1) is 0 Å². The number of carbonyl (C=O) groups excluding carboxylic acids is 2. The smallest absolute Gasteiger partial charge is 0.264 e. The molecule has 7 nitrogen and oxygen atoms in total. The molecule has 0 radical (unpaired) electrons. The Morgan fingerprint density at radius 2 is 1.46 bits per heavy atom. The molecule has 0 heterocycles. The fraction of sp³-hybridized carbons (Fsp3) is 0.257. The number of hydrogen-bond donors (Lipinski definition) is 1. The van der Waals surface area contributed by atoms with Gasteiger partial charge in [0, 0.05) is 28.5 Å². The van der Waals surface area contributed by atoms with E-state index in [1.807, 2.05) is 58.0 Å². The normalized spacial score (nSPS) is 12.3. The highest BCUT2D eigenvalue weighted by molar-refractivity contribution is 7.92. The highest BCUT2D eigenvalue weighted by Gasteiger charge is 2.36. The summed E-state index contributed by atoms with van der Waals surface area (Å²) in [5, 5.41) is 3.85. The SMILES string of the molecule is Cc1ccc(S(=O)(=O)N(CC(=O)N(Cc2ccc(Cl)cc2Cl)[C@@H](Cc2ccccc2)C(=O)NC(C)(C)C)c2ccccc2Cl)cc1. The lowest BCUT2D eigenvalue weighted by Gasteiger charge is -2.35. The van der Waals surface area contributed by atoms with E-state index in [2.05, 4.69) is 5.32 Å². The van der Waals surface area contributed by atoms with Crippen LogP contribution in [0.15, 0.2) is 102 Å². The minimum atomic E-state index is -4.28. The van der Waals surface area contributed by atoms with Gasteiger partial charge in [0.05, 0.1) is 15.6 Å². The summed E-state index contributed by atoms with van der Waals surface area (Å²) in [6.45, 7) is 6.66. The molecule has 0 aromatic heterocycles. The Labute approximate surface area is 286 Å². The quantitative estimate of drug-likeness (QED) is 0.174. The van der Waals surface area contributed by atoms with Crippen molar-refractivity contribution in [2.45, 2.75) is 57.1 Å². The van der Waals surface area contributed by atoms with Gasteiger partial charge in [-0.05, 0) is 75.2 Å². The summed E-state index contributed by atoms with van der Waals surface area (Å²) in [6, 6.07) is 25.9. The molecule has 0 unspecified atom stereocenters. The number of halogens is 3. The molecule has 11 heteroatoms. The van der Waals surface area contributed by atoms with Crippen molar-refractivity contribution >= 4 is 62.3 Å². The average Bonchev–Trinajstić information content (AvgIpc) is 2.99. The average molecular weight is 701 g/mol. The molecule has 0 spiro atoms. The number of amides is 2. The van der Waals surface area contributed by atoms with Crippen molar-refractivity contribution in [1.82, 2.24) is 10.2 Å². The summed E-state index contributed by atoms with van der Waals surface area (Å²) in [7, 11) is -4.28. The topological polar surface area (TPSA) is 86.8 Å². The molecule has 46 heavy (non-hydrogen) atoms. The first-order valence-electron chi connectivity index (χ1n) is 14.6. The lowest BCUT2D eigenvalue weighted by molar-refractivity contribution is -0.140. The molecule has 0 aliphatic carbocycles. The molecule has 0 aliphatic rings. The van der Waals surface area contributed by atoms with Crippen LogP contribution in [0.5, 0.6) is 0 Å². The Kier molecular flexibility index (Phi) is 11.4. The maximum Gasteiger partial charge on any atom is 0.264 e. The van der Waals surface area contributed by atoms with Gasteiger partial charge in [-0.25, -0.2) is 8.42 Å². The highest BCUT2D eigenvalue weighted by atomic mass is 35.5. The van der Waals surface area contributed by atoms with Crippen molar-refractivity contribution in [3.63, 3.8) is 0 Å². The number of hydrogen-bond acceptors (Lipinski definition) is 4. The lowest BCUT2D eigenvalue weighted by Crippen LogP contribution is -2.56. The summed E-state index contributed by atoms with van der Waals surface area (Å²) < 4.78 is 29.3. The number of nitrogens with one attached hydrogen (secondary N) is 1. The molecule has 4 aromatic carbocycles.